The minimum absolute atomic E-state index is 0.0254. The minimum Gasteiger partial charge on any atom is -0.388 e. The molecule has 1 aliphatic heterocycles. The Bertz CT molecular complexity index is 336. The first-order chi connectivity index (χ1) is 11.8. The van der Waals surface area contributed by atoms with Crippen molar-refractivity contribution >= 4 is 12.3 Å². The lowest BCUT2D eigenvalue weighted by atomic mass is 10.1. The summed E-state index contributed by atoms with van der Waals surface area (Å²) in [5.41, 5.74) is 1.02. The van der Waals surface area contributed by atoms with Gasteiger partial charge >= 0.3 is 0 Å². The van der Waals surface area contributed by atoms with Gasteiger partial charge in [-0.05, 0) is 25.7 Å². The van der Waals surface area contributed by atoms with E-state index in [1.807, 2.05) is 20.8 Å². The van der Waals surface area contributed by atoms with Crippen molar-refractivity contribution in [3.05, 3.63) is 12.2 Å². The molecule has 0 saturated carbocycles. The molecule has 0 aliphatic carbocycles. The average Bonchev–Trinajstić information content (AvgIpc) is 3.06. The predicted octanol–water partition coefficient (Wildman–Crippen LogP) is 3.50. The number of likely N-dealkylation sites (tertiary alicyclic amines) is 1. The zero-order valence-electron chi connectivity index (χ0n) is 17.6. The number of amides is 2. The van der Waals surface area contributed by atoms with E-state index in [1.54, 1.807) is 19.1 Å². The molecule has 2 amide bonds. The van der Waals surface area contributed by atoms with Crippen LogP contribution in [-0.4, -0.2) is 50.6 Å². The maximum atomic E-state index is 11.6. The first kappa shape index (κ1) is 31.0. The molecule has 1 heterocycles. The molecule has 0 unspecified atom stereocenters. The molecule has 0 aromatic carbocycles. The summed E-state index contributed by atoms with van der Waals surface area (Å²) < 4.78 is 4.25. The van der Waals surface area contributed by atoms with E-state index in [2.05, 4.69) is 50.3 Å². The third-order valence-corrected chi connectivity index (χ3v) is 2.48. The standard InChI is InChI=1S/C10H16N2O2.C4H10.C2H6O.C2H6.C2H2/c1-8(2)9-4-3-5-12(9)10(14)6-11-7-13;1-4(2)3;1-3-2;2*1-2/h7,9H,1,3-6H2,2H3,(H,11,13);4H,1-3H3;1-2H3;1-2H3;1-2H/t9-;;;;/m0..../s1. The summed E-state index contributed by atoms with van der Waals surface area (Å²) in [5.74, 6) is 0.808. The first-order valence-electron chi connectivity index (χ1n) is 8.67. The number of nitrogens with zero attached hydrogens (tertiary/aromatic N) is 1. The van der Waals surface area contributed by atoms with Gasteiger partial charge in [-0.15, -0.1) is 12.8 Å². The molecule has 1 rings (SSSR count). The Hall–Kier alpha value is -1.80. The van der Waals surface area contributed by atoms with E-state index < -0.39 is 0 Å². The van der Waals surface area contributed by atoms with E-state index in [9.17, 15) is 9.59 Å². The Morgan fingerprint density at radius 1 is 1.32 bits per heavy atom. The third kappa shape index (κ3) is 22.2. The minimum atomic E-state index is -0.0254. The molecule has 0 bridgehead atoms. The lowest BCUT2D eigenvalue weighted by molar-refractivity contribution is -0.131. The molecule has 5 heteroatoms. The van der Waals surface area contributed by atoms with E-state index >= 15 is 0 Å². The van der Waals surface area contributed by atoms with Crippen molar-refractivity contribution in [3.8, 4) is 12.8 Å². The molecule has 25 heavy (non-hydrogen) atoms. The Kier molecular flexibility index (Phi) is 30.3. The number of rotatable bonds is 4. The van der Waals surface area contributed by atoms with E-state index in [0.29, 0.717) is 6.41 Å². The van der Waals surface area contributed by atoms with Crippen molar-refractivity contribution in [1.29, 1.82) is 0 Å². The fourth-order valence-electron chi connectivity index (χ4n) is 1.81. The highest BCUT2D eigenvalue weighted by Gasteiger charge is 2.28. The number of methoxy groups -OCH3 is 1. The number of ether oxygens (including phenoxy) is 1. The highest BCUT2D eigenvalue weighted by atomic mass is 16.4. The first-order valence-corrected chi connectivity index (χ1v) is 8.67. The van der Waals surface area contributed by atoms with Gasteiger partial charge in [0.1, 0.15) is 0 Å². The van der Waals surface area contributed by atoms with Crippen LogP contribution in [0.1, 0.15) is 54.4 Å². The Balaban J connectivity index is -0.000000167. The van der Waals surface area contributed by atoms with Crippen molar-refractivity contribution in [2.24, 2.45) is 5.92 Å². The molecule has 0 aromatic rings. The average molecular weight is 357 g/mol. The predicted molar refractivity (Wildman–Crippen MR) is 108 cm³/mol. The van der Waals surface area contributed by atoms with Crippen LogP contribution in [0.2, 0.25) is 0 Å². The molecule has 0 radical (unpaired) electrons. The van der Waals surface area contributed by atoms with Crippen molar-refractivity contribution in [1.82, 2.24) is 10.2 Å². The summed E-state index contributed by atoms with van der Waals surface area (Å²) in [6.45, 7) is 17.2. The van der Waals surface area contributed by atoms with Gasteiger partial charge in [-0.1, -0.05) is 46.8 Å². The van der Waals surface area contributed by atoms with E-state index in [0.717, 1.165) is 30.9 Å². The van der Waals surface area contributed by atoms with Gasteiger partial charge in [0.05, 0.1) is 12.6 Å². The molecule has 5 nitrogen and oxygen atoms in total. The van der Waals surface area contributed by atoms with Crippen molar-refractivity contribution in [2.45, 2.75) is 60.4 Å². The maximum Gasteiger partial charge on any atom is 0.242 e. The smallest absolute Gasteiger partial charge is 0.242 e. The fourth-order valence-corrected chi connectivity index (χ4v) is 1.81. The number of hydrogen-bond acceptors (Lipinski definition) is 3. The molecule has 0 aromatic heterocycles. The van der Waals surface area contributed by atoms with Gasteiger partial charge in [0.2, 0.25) is 12.3 Å². The number of carbonyl (C=O) groups excluding carboxylic acids is 2. The third-order valence-electron chi connectivity index (χ3n) is 2.48. The van der Waals surface area contributed by atoms with Gasteiger partial charge in [-0.2, -0.15) is 0 Å². The van der Waals surface area contributed by atoms with Crippen LogP contribution in [0.15, 0.2) is 12.2 Å². The lowest BCUT2D eigenvalue weighted by Crippen LogP contribution is -2.41. The molecule has 1 fully saturated rings. The second kappa shape index (κ2) is 24.5. The summed E-state index contributed by atoms with van der Waals surface area (Å²) in [4.78, 5) is 23.4. The summed E-state index contributed by atoms with van der Waals surface area (Å²) in [5, 5.41) is 2.38. The van der Waals surface area contributed by atoms with Gasteiger partial charge in [-0.3, -0.25) is 9.59 Å². The van der Waals surface area contributed by atoms with Crippen LogP contribution < -0.4 is 5.32 Å². The fraction of sp³-hybridized carbons (Fsp3) is 0.700. The van der Waals surface area contributed by atoms with Crippen molar-refractivity contribution in [2.75, 3.05) is 27.3 Å². The molecule has 1 N–H and O–H groups in total. The second-order valence-corrected chi connectivity index (χ2v) is 5.73. The van der Waals surface area contributed by atoms with Crippen LogP contribution >= 0.6 is 0 Å². The summed E-state index contributed by atoms with van der Waals surface area (Å²) in [7, 11) is 3.25. The maximum absolute atomic E-state index is 11.6. The van der Waals surface area contributed by atoms with Gasteiger partial charge in [0.25, 0.3) is 0 Å². The number of nitrogens with one attached hydrogen (secondary N) is 1. The molecule has 1 aliphatic rings. The molecule has 1 atom stereocenters. The van der Waals surface area contributed by atoms with E-state index in [-0.39, 0.29) is 18.5 Å². The van der Waals surface area contributed by atoms with Crippen LogP contribution in [0.25, 0.3) is 0 Å². The lowest BCUT2D eigenvalue weighted by Gasteiger charge is -2.24. The monoisotopic (exact) mass is 356 g/mol. The molecule has 1 saturated heterocycles. The van der Waals surface area contributed by atoms with Gasteiger partial charge < -0.3 is 15.0 Å². The van der Waals surface area contributed by atoms with Crippen LogP contribution in [0.3, 0.4) is 0 Å². The summed E-state index contributed by atoms with van der Waals surface area (Å²) in [6, 6.07) is 0.163. The van der Waals surface area contributed by atoms with E-state index in [1.165, 1.54) is 0 Å². The van der Waals surface area contributed by atoms with Gasteiger partial charge in [0.15, 0.2) is 0 Å². The Morgan fingerprint density at radius 3 is 2.04 bits per heavy atom. The molecule has 0 spiro atoms. The topological polar surface area (TPSA) is 58.6 Å². The Labute approximate surface area is 156 Å². The zero-order chi connectivity index (χ0) is 20.8. The number of carbonyl (C=O) groups is 2. The summed E-state index contributed by atoms with van der Waals surface area (Å²) in [6.07, 6.45) is 10.6. The molecular formula is C20H40N2O3. The number of terminal acetylenes is 1. The highest BCUT2D eigenvalue weighted by molar-refractivity contribution is 5.80. The Morgan fingerprint density at radius 2 is 1.72 bits per heavy atom. The van der Waals surface area contributed by atoms with Crippen LogP contribution in [0.4, 0.5) is 0 Å². The second-order valence-electron chi connectivity index (χ2n) is 5.73. The molecule has 148 valence electrons. The van der Waals surface area contributed by atoms with Crippen LogP contribution in [0, 0.1) is 18.8 Å². The van der Waals surface area contributed by atoms with Crippen molar-refractivity contribution in [3.63, 3.8) is 0 Å². The number of hydrogen-bond donors (Lipinski definition) is 1. The largest absolute Gasteiger partial charge is 0.388 e. The van der Waals surface area contributed by atoms with Crippen molar-refractivity contribution < 1.29 is 14.3 Å². The van der Waals surface area contributed by atoms with Gasteiger partial charge in [0, 0.05) is 20.8 Å². The van der Waals surface area contributed by atoms with Crippen LogP contribution in [-0.2, 0) is 14.3 Å². The normalized spacial score (nSPS) is 14.0. The van der Waals surface area contributed by atoms with E-state index in [4.69, 9.17) is 0 Å². The molecular weight excluding hydrogens is 316 g/mol. The zero-order valence-corrected chi connectivity index (χ0v) is 17.6. The SMILES string of the molecule is C#C.C=C(C)[C@@H]1CCCN1C(=O)CNC=O.CC.CC(C)C.COC. The highest BCUT2D eigenvalue weighted by Crippen LogP contribution is 2.22. The summed E-state index contributed by atoms with van der Waals surface area (Å²) >= 11 is 0. The van der Waals surface area contributed by atoms with Gasteiger partial charge in [-0.25, -0.2) is 0 Å². The quantitative estimate of drug-likeness (QED) is 0.476. The van der Waals surface area contributed by atoms with Crippen LogP contribution in [0.5, 0.6) is 0 Å².